The first kappa shape index (κ1) is 21.8. The second-order valence-electron chi connectivity index (χ2n) is 7.05. The molecule has 1 saturated heterocycles. The Balaban J connectivity index is 1.31. The molecule has 0 atom stereocenters. The topological polar surface area (TPSA) is 88.6 Å². The van der Waals surface area contributed by atoms with Crippen LogP contribution in [0.1, 0.15) is 5.56 Å². The predicted molar refractivity (Wildman–Crippen MR) is 120 cm³/mol. The number of nitrogens with zero attached hydrogens (tertiary/aromatic N) is 2. The van der Waals surface area contributed by atoms with E-state index in [2.05, 4.69) is 10.3 Å². The minimum Gasteiger partial charge on any atom is -0.379 e. The van der Waals surface area contributed by atoms with Crippen LogP contribution in [0.4, 0.5) is 0 Å². The minimum atomic E-state index is -3.51. The first-order valence-corrected chi connectivity index (χ1v) is 12.4. The molecule has 1 aromatic heterocycles. The second-order valence-corrected chi connectivity index (χ2v) is 10.0. The summed E-state index contributed by atoms with van der Waals surface area (Å²) in [6, 6.07) is 16.4. The highest BCUT2D eigenvalue weighted by molar-refractivity contribution is 8.00. The van der Waals surface area contributed by atoms with E-state index < -0.39 is 10.0 Å². The lowest BCUT2D eigenvalue weighted by molar-refractivity contribution is -0.118. The van der Waals surface area contributed by atoms with Crippen molar-refractivity contribution in [3.63, 3.8) is 0 Å². The molecule has 1 fully saturated rings. The quantitative estimate of drug-likeness (QED) is 0.549. The van der Waals surface area contributed by atoms with Crippen LogP contribution < -0.4 is 5.32 Å². The summed E-state index contributed by atoms with van der Waals surface area (Å²) < 4.78 is 32.0. The number of sulfonamides is 1. The van der Waals surface area contributed by atoms with Gasteiger partial charge in [0, 0.05) is 36.1 Å². The molecule has 3 aromatic rings. The van der Waals surface area contributed by atoms with Gasteiger partial charge in [-0.25, -0.2) is 8.42 Å². The fraction of sp³-hybridized carbons (Fsp3) is 0.273. The smallest absolute Gasteiger partial charge is 0.243 e. The number of hydrogen-bond acceptors (Lipinski definition) is 6. The van der Waals surface area contributed by atoms with E-state index in [9.17, 15) is 13.2 Å². The average molecular weight is 458 g/mol. The second kappa shape index (κ2) is 9.78. The van der Waals surface area contributed by atoms with Crippen LogP contribution in [0, 0.1) is 0 Å². The van der Waals surface area contributed by atoms with Crippen molar-refractivity contribution in [2.45, 2.75) is 16.3 Å². The molecule has 7 nitrogen and oxygen atoms in total. The number of pyridine rings is 1. The zero-order valence-electron chi connectivity index (χ0n) is 16.9. The van der Waals surface area contributed by atoms with Gasteiger partial charge in [0.25, 0.3) is 0 Å². The van der Waals surface area contributed by atoms with E-state index in [4.69, 9.17) is 4.74 Å². The first-order valence-electron chi connectivity index (χ1n) is 9.94. The number of fused-ring (bicyclic) bond motifs is 1. The third kappa shape index (κ3) is 5.24. The van der Waals surface area contributed by atoms with Gasteiger partial charge in [-0.2, -0.15) is 4.31 Å². The van der Waals surface area contributed by atoms with Crippen molar-refractivity contribution >= 4 is 38.6 Å². The highest BCUT2D eigenvalue weighted by Crippen LogP contribution is 2.26. The molecule has 0 unspecified atom stereocenters. The summed E-state index contributed by atoms with van der Waals surface area (Å²) in [5.74, 6) is 0.202. The van der Waals surface area contributed by atoms with Crippen molar-refractivity contribution in [1.29, 1.82) is 0 Å². The fourth-order valence-electron chi connectivity index (χ4n) is 3.31. The van der Waals surface area contributed by atoms with Gasteiger partial charge in [-0.15, -0.1) is 11.8 Å². The maximum Gasteiger partial charge on any atom is 0.243 e. The van der Waals surface area contributed by atoms with Gasteiger partial charge in [0.15, 0.2) is 0 Å². The Bertz CT molecular complexity index is 1160. The largest absolute Gasteiger partial charge is 0.379 e. The molecular weight excluding hydrogens is 434 g/mol. The molecule has 0 saturated carbocycles. The molecule has 4 rings (SSSR count). The van der Waals surface area contributed by atoms with E-state index in [1.165, 1.54) is 16.1 Å². The van der Waals surface area contributed by atoms with Crippen molar-refractivity contribution < 1.29 is 17.9 Å². The summed E-state index contributed by atoms with van der Waals surface area (Å²) in [6.45, 7) is 1.90. The number of morpholine rings is 1. The van der Waals surface area contributed by atoms with Crippen LogP contribution in [0.15, 0.2) is 70.6 Å². The van der Waals surface area contributed by atoms with Crippen LogP contribution in [-0.4, -0.2) is 55.7 Å². The first-order chi connectivity index (χ1) is 15.0. The van der Waals surface area contributed by atoms with E-state index in [0.717, 1.165) is 21.4 Å². The molecule has 31 heavy (non-hydrogen) atoms. The molecule has 0 radical (unpaired) electrons. The molecule has 9 heteroatoms. The molecule has 1 aliphatic heterocycles. The van der Waals surface area contributed by atoms with Gasteiger partial charge < -0.3 is 10.1 Å². The lowest BCUT2D eigenvalue weighted by Crippen LogP contribution is -2.40. The van der Waals surface area contributed by atoms with Crippen molar-refractivity contribution in [3.8, 4) is 0 Å². The van der Waals surface area contributed by atoms with Crippen LogP contribution in [0.5, 0.6) is 0 Å². The molecule has 0 aliphatic carbocycles. The molecule has 2 aromatic carbocycles. The summed E-state index contributed by atoms with van der Waals surface area (Å²) in [5, 5.41) is 3.91. The van der Waals surface area contributed by atoms with Gasteiger partial charge in [-0.05, 0) is 29.8 Å². The number of amides is 1. The van der Waals surface area contributed by atoms with Crippen molar-refractivity contribution in [3.05, 3.63) is 66.4 Å². The summed E-state index contributed by atoms with van der Waals surface area (Å²) in [5.41, 5.74) is 1.74. The molecular formula is C22H23N3O4S2. The number of hydrogen-bond donors (Lipinski definition) is 1. The van der Waals surface area contributed by atoms with Gasteiger partial charge >= 0.3 is 0 Å². The third-order valence-electron chi connectivity index (χ3n) is 4.99. The Labute approximate surface area is 185 Å². The van der Waals surface area contributed by atoms with E-state index in [1.807, 2.05) is 30.3 Å². The van der Waals surface area contributed by atoms with E-state index in [1.54, 1.807) is 30.5 Å². The summed E-state index contributed by atoms with van der Waals surface area (Å²) in [6.07, 6.45) is 1.75. The maximum absolute atomic E-state index is 12.7. The molecule has 1 amide bonds. The molecule has 0 bridgehead atoms. The normalized spacial score (nSPS) is 15.1. The average Bonchev–Trinajstić information content (AvgIpc) is 2.82. The number of carbonyl (C=O) groups excluding carboxylic acids is 1. The number of carbonyl (C=O) groups is 1. The van der Waals surface area contributed by atoms with Crippen LogP contribution in [-0.2, 0) is 26.1 Å². The number of ether oxygens (including phenoxy) is 1. The number of para-hydroxylation sites is 1. The molecule has 162 valence electrons. The van der Waals surface area contributed by atoms with Gasteiger partial charge in [0.1, 0.15) is 0 Å². The van der Waals surface area contributed by atoms with Gasteiger partial charge in [0.2, 0.25) is 15.9 Å². The number of benzene rings is 2. The van der Waals surface area contributed by atoms with E-state index >= 15 is 0 Å². The SMILES string of the molecule is O=C(CSc1ccnc2ccccc12)NCc1ccc(S(=O)(=O)N2CCOCC2)cc1. The highest BCUT2D eigenvalue weighted by Gasteiger charge is 2.26. The number of aromatic nitrogens is 1. The summed E-state index contributed by atoms with van der Waals surface area (Å²) in [4.78, 5) is 17.9. The monoisotopic (exact) mass is 457 g/mol. The third-order valence-corrected chi connectivity index (χ3v) is 7.98. The van der Waals surface area contributed by atoms with Crippen LogP contribution >= 0.6 is 11.8 Å². The lowest BCUT2D eigenvalue weighted by atomic mass is 10.2. The maximum atomic E-state index is 12.7. The van der Waals surface area contributed by atoms with E-state index in [-0.39, 0.29) is 16.6 Å². The number of thioether (sulfide) groups is 1. The minimum absolute atomic E-state index is 0.0871. The Morgan fingerprint density at radius 2 is 1.81 bits per heavy atom. The Morgan fingerprint density at radius 3 is 2.58 bits per heavy atom. The summed E-state index contributed by atoms with van der Waals surface area (Å²) in [7, 11) is -3.51. The van der Waals surface area contributed by atoms with E-state index in [0.29, 0.717) is 32.8 Å². The molecule has 0 spiro atoms. The predicted octanol–water partition coefficient (Wildman–Crippen LogP) is 2.66. The van der Waals surface area contributed by atoms with Crippen molar-refractivity contribution in [1.82, 2.24) is 14.6 Å². The number of nitrogens with one attached hydrogen (secondary N) is 1. The fourth-order valence-corrected chi connectivity index (χ4v) is 5.59. The standard InChI is InChI=1S/C22H23N3O4S2/c26-22(16-30-21-9-10-23-20-4-2-1-3-19(20)21)24-15-17-5-7-18(8-6-17)31(27,28)25-11-13-29-14-12-25/h1-10H,11-16H2,(H,24,26). The van der Waals surface area contributed by atoms with Crippen molar-refractivity contribution in [2.24, 2.45) is 0 Å². The highest BCUT2D eigenvalue weighted by atomic mass is 32.2. The van der Waals surface area contributed by atoms with Gasteiger partial charge in [0.05, 0.1) is 29.4 Å². The molecule has 1 aliphatic rings. The number of rotatable bonds is 7. The zero-order chi connectivity index (χ0) is 21.7. The Hall–Kier alpha value is -2.46. The summed E-state index contributed by atoms with van der Waals surface area (Å²) >= 11 is 1.47. The van der Waals surface area contributed by atoms with Gasteiger partial charge in [-0.3, -0.25) is 9.78 Å². The van der Waals surface area contributed by atoms with Crippen LogP contribution in [0.25, 0.3) is 10.9 Å². The van der Waals surface area contributed by atoms with Crippen molar-refractivity contribution in [2.75, 3.05) is 32.1 Å². The zero-order valence-corrected chi connectivity index (χ0v) is 18.5. The lowest BCUT2D eigenvalue weighted by Gasteiger charge is -2.26. The van der Waals surface area contributed by atoms with Gasteiger partial charge in [-0.1, -0.05) is 30.3 Å². The Kier molecular flexibility index (Phi) is 6.86. The Morgan fingerprint density at radius 1 is 1.06 bits per heavy atom. The molecule has 2 heterocycles. The van der Waals surface area contributed by atoms with Crippen LogP contribution in [0.2, 0.25) is 0 Å². The molecule has 1 N–H and O–H groups in total. The van der Waals surface area contributed by atoms with Crippen LogP contribution in [0.3, 0.4) is 0 Å².